The van der Waals surface area contributed by atoms with Crippen molar-refractivity contribution in [1.29, 1.82) is 0 Å². The van der Waals surface area contributed by atoms with Crippen LogP contribution in [0.25, 0.3) is 0 Å². The lowest BCUT2D eigenvalue weighted by atomic mass is 9.78. The Balaban J connectivity index is 1.64. The minimum absolute atomic E-state index is 0.653. The third-order valence-corrected chi connectivity index (χ3v) is 5.08. The average molecular weight is 231 g/mol. The molecule has 92 valence electrons. The van der Waals surface area contributed by atoms with E-state index in [1.165, 1.54) is 62.9 Å². The van der Waals surface area contributed by atoms with Crippen molar-refractivity contribution in [3.8, 4) is 0 Å². The topological polar surface area (TPSA) is 31.9 Å². The Morgan fingerprint density at radius 3 is 2.88 bits per heavy atom. The second-order valence-corrected chi connectivity index (χ2v) is 5.98. The van der Waals surface area contributed by atoms with E-state index in [2.05, 4.69) is 14.9 Å². The number of H-pyrrole nitrogens is 1. The van der Waals surface area contributed by atoms with Crippen LogP contribution < -0.4 is 0 Å². The van der Waals surface area contributed by atoms with Crippen molar-refractivity contribution in [3.63, 3.8) is 0 Å². The first kappa shape index (κ1) is 10.1. The van der Waals surface area contributed by atoms with Crippen LogP contribution in [-0.2, 0) is 0 Å². The van der Waals surface area contributed by atoms with E-state index in [-0.39, 0.29) is 0 Å². The van der Waals surface area contributed by atoms with Gasteiger partial charge in [0.05, 0.1) is 23.8 Å². The van der Waals surface area contributed by atoms with Gasteiger partial charge in [0.25, 0.3) is 0 Å². The van der Waals surface area contributed by atoms with Crippen molar-refractivity contribution in [2.75, 3.05) is 6.54 Å². The molecule has 1 saturated carbocycles. The Morgan fingerprint density at radius 2 is 2.00 bits per heavy atom. The molecule has 3 heteroatoms. The molecule has 2 fully saturated rings. The second kappa shape index (κ2) is 3.84. The summed E-state index contributed by atoms with van der Waals surface area (Å²) in [6.07, 6.45) is 11.8. The number of aromatic nitrogens is 2. The zero-order chi connectivity index (χ0) is 11.2. The third-order valence-electron chi connectivity index (χ3n) is 5.08. The first-order chi connectivity index (χ1) is 8.43. The molecular formula is C14H21N3. The number of imidazole rings is 1. The molecule has 3 nitrogen and oxygen atoms in total. The number of fused-ring (bicyclic) bond motifs is 2. The Labute approximate surface area is 103 Å². The van der Waals surface area contributed by atoms with E-state index in [0.717, 1.165) is 6.04 Å². The van der Waals surface area contributed by atoms with Gasteiger partial charge in [0, 0.05) is 18.5 Å². The van der Waals surface area contributed by atoms with Gasteiger partial charge in [-0.25, -0.2) is 4.98 Å². The zero-order valence-corrected chi connectivity index (χ0v) is 10.4. The smallest absolute Gasteiger partial charge is 0.0925 e. The molecule has 1 saturated heterocycles. The van der Waals surface area contributed by atoms with Crippen molar-refractivity contribution in [1.82, 2.24) is 14.9 Å². The molecule has 0 radical (unpaired) electrons. The van der Waals surface area contributed by atoms with Crippen LogP contribution in [0, 0.1) is 0 Å². The number of aromatic amines is 1. The van der Waals surface area contributed by atoms with Crippen molar-refractivity contribution < 1.29 is 0 Å². The Hall–Kier alpha value is -0.830. The highest BCUT2D eigenvalue weighted by atomic mass is 15.2. The Morgan fingerprint density at radius 1 is 1.12 bits per heavy atom. The van der Waals surface area contributed by atoms with E-state index in [9.17, 15) is 0 Å². The summed E-state index contributed by atoms with van der Waals surface area (Å²) in [4.78, 5) is 10.7. The number of rotatable bonds is 1. The average Bonchev–Trinajstić information content (AvgIpc) is 2.91. The van der Waals surface area contributed by atoms with Crippen molar-refractivity contribution >= 4 is 0 Å². The van der Waals surface area contributed by atoms with Gasteiger partial charge in [0.15, 0.2) is 0 Å². The number of hydrogen-bond acceptors (Lipinski definition) is 2. The molecular weight excluding hydrogens is 210 g/mol. The fourth-order valence-corrected chi connectivity index (χ4v) is 4.25. The summed E-state index contributed by atoms with van der Waals surface area (Å²) in [5.41, 5.74) is 2.83. The summed E-state index contributed by atoms with van der Waals surface area (Å²) < 4.78 is 0. The van der Waals surface area contributed by atoms with Crippen LogP contribution in [0.1, 0.15) is 68.3 Å². The molecule has 17 heavy (non-hydrogen) atoms. The fourth-order valence-electron chi connectivity index (χ4n) is 4.25. The predicted molar refractivity (Wildman–Crippen MR) is 66.9 cm³/mol. The zero-order valence-electron chi connectivity index (χ0n) is 10.4. The Bertz CT molecular complexity index is 405. The normalized spacial score (nSPS) is 33.9. The number of nitrogens with one attached hydrogen (secondary N) is 1. The van der Waals surface area contributed by atoms with Crippen LogP contribution in [-0.4, -0.2) is 27.5 Å². The van der Waals surface area contributed by atoms with E-state index >= 15 is 0 Å². The first-order valence-electron chi connectivity index (χ1n) is 7.22. The monoisotopic (exact) mass is 231 g/mol. The van der Waals surface area contributed by atoms with Crippen LogP contribution in [0.5, 0.6) is 0 Å². The largest absolute Gasteiger partial charge is 0.347 e. The lowest BCUT2D eigenvalue weighted by Gasteiger charge is -2.48. The minimum atomic E-state index is 0.653. The van der Waals surface area contributed by atoms with E-state index in [4.69, 9.17) is 0 Å². The van der Waals surface area contributed by atoms with Gasteiger partial charge >= 0.3 is 0 Å². The molecule has 2 aliphatic carbocycles. The summed E-state index contributed by atoms with van der Waals surface area (Å²) in [7, 11) is 0. The standard InChI is InChI=1S/C14H21N3/c1-2-4-11(5-3-1)17-8-10-6-7-12(17)14-13(10)15-9-16-14/h9-12H,1-8H2,(H,15,16). The predicted octanol–water partition coefficient (Wildman–Crippen LogP) is 2.98. The molecule has 0 amide bonds. The van der Waals surface area contributed by atoms with Crippen molar-refractivity contribution in [2.45, 2.75) is 62.9 Å². The summed E-state index contributed by atoms with van der Waals surface area (Å²) >= 11 is 0. The van der Waals surface area contributed by atoms with Gasteiger partial charge in [-0.15, -0.1) is 0 Å². The number of piperidine rings is 1. The van der Waals surface area contributed by atoms with Gasteiger partial charge in [-0.05, 0) is 25.7 Å². The highest BCUT2D eigenvalue weighted by Gasteiger charge is 2.42. The van der Waals surface area contributed by atoms with E-state index < -0.39 is 0 Å². The van der Waals surface area contributed by atoms with E-state index in [0.29, 0.717) is 12.0 Å². The second-order valence-electron chi connectivity index (χ2n) is 5.98. The molecule has 3 heterocycles. The quantitative estimate of drug-likeness (QED) is 0.805. The third kappa shape index (κ3) is 1.48. The summed E-state index contributed by atoms with van der Waals surface area (Å²) in [5, 5.41) is 0. The van der Waals surface area contributed by atoms with E-state index in [1.807, 2.05) is 6.33 Å². The maximum Gasteiger partial charge on any atom is 0.0925 e. The van der Waals surface area contributed by atoms with Crippen LogP contribution in [0.3, 0.4) is 0 Å². The molecule has 5 rings (SSSR count). The van der Waals surface area contributed by atoms with E-state index in [1.54, 1.807) is 0 Å². The van der Waals surface area contributed by atoms with Crippen LogP contribution in [0.2, 0.25) is 0 Å². The number of nitrogens with zero attached hydrogens (tertiary/aromatic N) is 2. The molecule has 0 spiro atoms. The molecule has 2 bridgehead atoms. The molecule has 1 N–H and O–H groups in total. The fraction of sp³-hybridized carbons (Fsp3) is 0.786. The van der Waals surface area contributed by atoms with Crippen LogP contribution in [0.15, 0.2) is 6.33 Å². The van der Waals surface area contributed by atoms with Gasteiger partial charge in [-0.1, -0.05) is 19.3 Å². The SMILES string of the molecule is c1nc2c([nH]1)C1CCC2CN1C1CCCCC1. The highest BCUT2D eigenvalue weighted by Crippen LogP contribution is 2.47. The minimum Gasteiger partial charge on any atom is -0.347 e. The van der Waals surface area contributed by atoms with Gasteiger partial charge < -0.3 is 4.98 Å². The first-order valence-corrected chi connectivity index (χ1v) is 7.22. The molecule has 1 aromatic rings. The number of hydrogen-bond donors (Lipinski definition) is 1. The Kier molecular flexibility index (Phi) is 2.29. The lowest BCUT2D eigenvalue weighted by molar-refractivity contribution is 0.0443. The molecule has 2 unspecified atom stereocenters. The van der Waals surface area contributed by atoms with Gasteiger partial charge in [0.2, 0.25) is 0 Å². The van der Waals surface area contributed by atoms with Crippen molar-refractivity contribution in [3.05, 3.63) is 17.7 Å². The summed E-state index contributed by atoms with van der Waals surface area (Å²) in [6, 6.07) is 1.51. The van der Waals surface area contributed by atoms with Crippen LogP contribution >= 0.6 is 0 Å². The highest BCUT2D eigenvalue weighted by molar-refractivity contribution is 5.27. The maximum atomic E-state index is 4.54. The van der Waals surface area contributed by atoms with Gasteiger partial charge in [-0.2, -0.15) is 0 Å². The van der Waals surface area contributed by atoms with Crippen molar-refractivity contribution in [2.24, 2.45) is 0 Å². The summed E-state index contributed by atoms with van der Waals surface area (Å²) in [5.74, 6) is 0.711. The van der Waals surface area contributed by atoms with Gasteiger partial charge in [0.1, 0.15) is 0 Å². The lowest BCUT2D eigenvalue weighted by Crippen LogP contribution is -2.48. The molecule has 1 aromatic heterocycles. The molecule has 2 aliphatic heterocycles. The van der Waals surface area contributed by atoms with Crippen LogP contribution in [0.4, 0.5) is 0 Å². The molecule has 0 aromatic carbocycles. The molecule has 4 aliphatic rings. The molecule has 2 atom stereocenters. The van der Waals surface area contributed by atoms with Gasteiger partial charge in [-0.3, -0.25) is 4.90 Å². The summed E-state index contributed by atoms with van der Waals surface area (Å²) in [6.45, 7) is 1.27. The maximum absolute atomic E-state index is 4.54.